The van der Waals surface area contributed by atoms with Gasteiger partial charge in [0.2, 0.25) is 0 Å². The first-order valence-electron chi connectivity index (χ1n) is 8.58. The molecule has 2 aromatic rings. The summed E-state index contributed by atoms with van der Waals surface area (Å²) in [5, 5.41) is 14.5. The number of hydrogen-bond donors (Lipinski definition) is 2. The topological polar surface area (TPSA) is 125 Å². The number of nitrogens with two attached hydrogens (primary N) is 1. The number of halogens is 2. The van der Waals surface area contributed by atoms with Crippen molar-refractivity contribution >= 4 is 17.5 Å². The molecule has 0 aliphatic heterocycles. The first-order valence-corrected chi connectivity index (χ1v) is 8.58. The van der Waals surface area contributed by atoms with Crippen LogP contribution in [-0.4, -0.2) is 33.2 Å². The van der Waals surface area contributed by atoms with Crippen LogP contribution in [0, 0.1) is 10.1 Å². The minimum Gasteiger partial charge on any atom is -0.450 e. The molecule has 0 aliphatic rings. The van der Waals surface area contributed by atoms with Crippen LogP contribution in [0.25, 0.3) is 11.4 Å². The van der Waals surface area contributed by atoms with E-state index in [-0.39, 0.29) is 35.4 Å². The zero-order chi connectivity index (χ0) is 20.7. The molecule has 9 nitrogen and oxygen atoms in total. The maximum Gasteiger partial charge on any atom is 0.404 e. The molecule has 1 amide bonds. The van der Waals surface area contributed by atoms with Gasteiger partial charge in [0, 0.05) is 30.1 Å². The summed E-state index contributed by atoms with van der Waals surface area (Å²) in [4.78, 5) is 25.3. The second-order valence-corrected chi connectivity index (χ2v) is 6.10. The summed E-state index contributed by atoms with van der Waals surface area (Å²) in [5.41, 5.74) is 4.99. The number of unbranched alkanes of at least 4 members (excludes halogenated alkanes) is 1. The van der Waals surface area contributed by atoms with Crippen molar-refractivity contribution in [2.45, 2.75) is 38.8 Å². The Labute approximate surface area is 159 Å². The number of nitrogens with one attached hydrogen (secondary N) is 1. The highest BCUT2D eigenvalue weighted by Gasteiger charge is 2.24. The van der Waals surface area contributed by atoms with Gasteiger partial charge in [-0.1, -0.05) is 6.07 Å². The highest BCUT2D eigenvalue weighted by Crippen LogP contribution is 2.36. The molecule has 1 unspecified atom stereocenters. The largest absolute Gasteiger partial charge is 0.450 e. The molecule has 2 rings (SSSR count). The molecule has 0 spiro atoms. The van der Waals surface area contributed by atoms with Gasteiger partial charge in [0.1, 0.15) is 11.5 Å². The monoisotopic (exact) mass is 397 g/mol. The van der Waals surface area contributed by atoms with Crippen LogP contribution in [0.3, 0.4) is 0 Å². The van der Waals surface area contributed by atoms with Crippen LogP contribution in [-0.2, 0) is 4.74 Å². The van der Waals surface area contributed by atoms with Gasteiger partial charge < -0.3 is 15.8 Å². The van der Waals surface area contributed by atoms with E-state index in [1.165, 1.54) is 24.4 Å². The standard InChI is InChI=1S/C17H21F2N5O4/c1-11(5-2-3-10-28-17(20)25)22-14-12(6-4-7-13(14)24(26)27)15-21-8-9-23(15)16(18)19/h4,6-9,11,16,22H,2-3,5,10H2,1H3,(H2,20,25). The lowest BCUT2D eigenvalue weighted by atomic mass is 10.1. The van der Waals surface area contributed by atoms with Crippen LogP contribution in [0.1, 0.15) is 32.7 Å². The first kappa shape index (κ1) is 21.1. The van der Waals surface area contributed by atoms with Gasteiger partial charge in [-0.25, -0.2) is 9.78 Å². The Hall–Kier alpha value is -3.24. The summed E-state index contributed by atoms with van der Waals surface area (Å²) in [7, 11) is 0. The molecule has 11 heteroatoms. The van der Waals surface area contributed by atoms with Crippen molar-refractivity contribution in [3.05, 3.63) is 40.7 Å². The molecule has 0 saturated heterocycles. The van der Waals surface area contributed by atoms with Gasteiger partial charge in [0.05, 0.1) is 11.5 Å². The van der Waals surface area contributed by atoms with Crippen LogP contribution < -0.4 is 11.1 Å². The number of amides is 1. The molecule has 1 atom stereocenters. The predicted octanol–water partition coefficient (Wildman–Crippen LogP) is 3.92. The van der Waals surface area contributed by atoms with Crippen molar-refractivity contribution in [3.63, 3.8) is 0 Å². The summed E-state index contributed by atoms with van der Waals surface area (Å²) in [6.45, 7) is -0.827. The number of aromatic nitrogens is 2. The lowest BCUT2D eigenvalue weighted by Gasteiger charge is -2.18. The van der Waals surface area contributed by atoms with Crippen molar-refractivity contribution < 1.29 is 23.2 Å². The molecule has 28 heavy (non-hydrogen) atoms. The predicted molar refractivity (Wildman–Crippen MR) is 98.0 cm³/mol. The Morgan fingerprint density at radius 3 is 2.82 bits per heavy atom. The molecular formula is C17H21F2N5O4. The summed E-state index contributed by atoms with van der Waals surface area (Å²) in [6, 6.07) is 4.02. The smallest absolute Gasteiger partial charge is 0.404 e. The maximum atomic E-state index is 13.2. The SMILES string of the molecule is CC(CCCCOC(N)=O)Nc1c(-c2nccn2C(F)F)cccc1[N+](=O)[O-]. The van der Waals surface area contributed by atoms with Crippen LogP contribution in [0.5, 0.6) is 0 Å². The summed E-state index contributed by atoms with van der Waals surface area (Å²) in [6.07, 6.45) is 3.34. The average Bonchev–Trinajstić information content (AvgIpc) is 3.11. The second-order valence-electron chi connectivity index (χ2n) is 6.10. The number of carbonyl (C=O) groups is 1. The van der Waals surface area contributed by atoms with E-state index in [0.29, 0.717) is 23.8 Å². The van der Waals surface area contributed by atoms with Crippen molar-refractivity contribution in [1.82, 2.24) is 9.55 Å². The number of para-hydroxylation sites is 1. The highest BCUT2D eigenvalue weighted by atomic mass is 19.3. The third-order valence-electron chi connectivity index (χ3n) is 4.03. The lowest BCUT2D eigenvalue weighted by Crippen LogP contribution is -2.18. The van der Waals surface area contributed by atoms with Crippen LogP contribution in [0.2, 0.25) is 0 Å². The number of rotatable bonds is 10. The Bertz CT molecular complexity index is 828. The fourth-order valence-electron chi connectivity index (χ4n) is 2.75. The fourth-order valence-corrected chi connectivity index (χ4v) is 2.75. The molecule has 0 bridgehead atoms. The van der Waals surface area contributed by atoms with Crippen LogP contribution in [0.15, 0.2) is 30.6 Å². The van der Waals surface area contributed by atoms with Crippen LogP contribution in [0.4, 0.5) is 25.0 Å². The highest BCUT2D eigenvalue weighted by molar-refractivity contribution is 5.81. The molecule has 1 aromatic carbocycles. The zero-order valence-corrected chi connectivity index (χ0v) is 15.2. The van der Waals surface area contributed by atoms with E-state index in [1.807, 2.05) is 6.92 Å². The third-order valence-corrected chi connectivity index (χ3v) is 4.03. The maximum absolute atomic E-state index is 13.2. The van der Waals surface area contributed by atoms with E-state index < -0.39 is 17.6 Å². The van der Waals surface area contributed by atoms with Gasteiger partial charge >= 0.3 is 12.6 Å². The summed E-state index contributed by atoms with van der Waals surface area (Å²) < 4.78 is 31.7. The molecule has 0 aliphatic carbocycles. The number of carbonyl (C=O) groups excluding carboxylic acids is 1. The van der Waals surface area contributed by atoms with Crippen molar-refractivity contribution in [3.8, 4) is 11.4 Å². The van der Waals surface area contributed by atoms with Crippen molar-refractivity contribution in [2.75, 3.05) is 11.9 Å². The number of nitrogens with zero attached hydrogens (tertiary/aromatic N) is 3. The van der Waals surface area contributed by atoms with E-state index in [0.717, 1.165) is 6.20 Å². The van der Waals surface area contributed by atoms with E-state index in [9.17, 15) is 23.7 Å². The van der Waals surface area contributed by atoms with E-state index >= 15 is 0 Å². The number of anilines is 1. The second kappa shape index (κ2) is 9.62. The molecule has 1 aromatic heterocycles. The van der Waals surface area contributed by atoms with Gasteiger partial charge in [-0.3, -0.25) is 14.7 Å². The minimum absolute atomic E-state index is 0.0664. The van der Waals surface area contributed by atoms with E-state index in [1.54, 1.807) is 0 Å². The number of benzene rings is 1. The minimum atomic E-state index is -2.83. The van der Waals surface area contributed by atoms with Gasteiger partial charge in [0.15, 0.2) is 0 Å². The van der Waals surface area contributed by atoms with Gasteiger partial charge in [0.25, 0.3) is 5.69 Å². The normalized spacial score (nSPS) is 12.0. The van der Waals surface area contributed by atoms with Gasteiger partial charge in [-0.2, -0.15) is 8.78 Å². The number of imidazole rings is 1. The van der Waals surface area contributed by atoms with E-state index in [4.69, 9.17) is 5.73 Å². The number of primary amides is 1. The number of hydrogen-bond acceptors (Lipinski definition) is 6. The molecule has 0 fully saturated rings. The Balaban J connectivity index is 2.21. The average molecular weight is 397 g/mol. The van der Waals surface area contributed by atoms with Crippen molar-refractivity contribution in [2.24, 2.45) is 5.73 Å². The van der Waals surface area contributed by atoms with E-state index in [2.05, 4.69) is 15.0 Å². The number of ether oxygens (including phenoxy) is 1. The molecule has 0 radical (unpaired) electrons. The Morgan fingerprint density at radius 1 is 1.43 bits per heavy atom. The van der Waals surface area contributed by atoms with Gasteiger partial charge in [-0.15, -0.1) is 0 Å². The number of alkyl halides is 2. The van der Waals surface area contributed by atoms with Crippen molar-refractivity contribution in [1.29, 1.82) is 0 Å². The summed E-state index contributed by atoms with van der Waals surface area (Å²) >= 11 is 0. The quantitative estimate of drug-likeness (QED) is 0.356. The zero-order valence-electron chi connectivity index (χ0n) is 15.2. The third kappa shape index (κ3) is 5.38. The Morgan fingerprint density at radius 2 is 2.18 bits per heavy atom. The lowest BCUT2D eigenvalue weighted by molar-refractivity contribution is -0.383. The molecule has 3 N–H and O–H groups in total. The molecular weight excluding hydrogens is 376 g/mol. The first-order chi connectivity index (χ1) is 13.3. The fraction of sp³-hybridized carbons (Fsp3) is 0.412. The number of nitro groups is 1. The molecule has 0 saturated carbocycles. The summed E-state index contributed by atoms with van der Waals surface area (Å²) in [5.74, 6) is -0.0664. The Kier molecular flexibility index (Phi) is 7.24. The van der Waals surface area contributed by atoms with Crippen LogP contribution >= 0.6 is 0 Å². The molecule has 1 heterocycles. The number of nitro benzene ring substituents is 1. The molecule has 152 valence electrons. The van der Waals surface area contributed by atoms with Gasteiger partial charge in [-0.05, 0) is 32.3 Å².